The number of nitrogens with zero attached hydrogens (tertiary/aromatic N) is 1. The lowest BCUT2D eigenvalue weighted by atomic mass is 10.3. The van der Waals surface area contributed by atoms with Gasteiger partial charge in [-0.3, -0.25) is 9.69 Å². The topological polar surface area (TPSA) is 55.6 Å². The summed E-state index contributed by atoms with van der Waals surface area (Å²) in [5, 5.41) is 0. The average Bonchev–Trinajstić information content (AvgIpc) is 2.15. The van der Waals surface area contributed by atoms with Crippen LogP contribution in [0.4, 0.5) is 0 Å². The van der Waals surface area contributed by atoms with Gasteiger partial charge in [-0.1, -0.05) is 25.6 Å². The summed E-state index contributed by atoms with van der Waals surface area (Å²) in [4.78, 5) is 13.6. The van der Waals surface area contributed by atoms with E-state index in [1.165, 1.54) is 0 Å². The molecule has 0 spiro atoms. The van der Waals surface area contributed by atoms with Crippen LogP contribution in [0.5, 0.6) is 0 Å². The molecule has 0 radical (unpaired) electrons. The minimum Gasteiger partial charge on any atom is -0.465 e. The van der Waals surface area contributed by atoms with E-state index in [2.05, 4.69) is 6.92 Å². The van der Waals surface area contributed by atoms with E-state index in [9.17, 15) is 4.79 Å². The number of hydrogen-bond acceptors (Lipinski definition) is 4. The highest BCUT2D eigenvalue weighted by atomic mass is 32.1. The van der Waals surface area contributed by atoms with Gasteiger partial charge in [-0.15, -0.1) is 0 Å². The van der Waals surface area contributed by atoms with E-state index in [0.717, 1.165) is 12.8 Å². The Morgan fingerprint density at radius 3 is 2.73 bits per heavy atom. The molecule has 0 rings (SSSR count). The van der Waals surface area contributed by atoms with Crippen LogP contribution in [0.25, 0.3) is 0 Å². The number of nitrogens with two attached hydrogens (primary N) is 1. The third-order valence-corrected chi connectivity index (χ3v) is 2.10. The lowest BCUT2D eigenvalue weighted by Gasteiger charge is -2.14. The molecule has 5 heteroatoms. The van der Waals surface area contributed by atoms with Crippen molar-refractivity contribution in [2.45, 2.75) is 26.2 Å². The molecule has 0 aliphatic rings. The van der Waals surface area contributed by atoms with Gasteiger partial charge in [-0.25, -0.2) is 0 Å². The van der Waals surface area contributed by atoms with Crippen LogP contribution in [-0.2, 0) is 9.53 Å². The Labute approximate surface area is 96.8 Å². The number of carbonyl (C=O) groups excluding carboxylic acids is 1. The first-order valence-electron chi connectivity index (χ1n) is 5.18. The van der Waals surface area contributed by atoms with Crippen LogP contribution in [0.3, 0.4) is 0 Å². The smallest absolute Gasteiger partial charge is 0.320 e. The standard InChI is InChI=1S/C10H20N2O2S/c1-3-4-7-14-10(13)8-12(2)6-5-9(11)15/h3-8H2,1-2H3,(H2,11,15). The summed E-state index contributed by atoms with van der Waals surface area (Å²) in [6.07, 6.45) is 2.58. The first kappa shape index (κ1) is 14.3. The van der Waals surface area contributed by atoms with Crippen molar-refractivity contribution in [2.24, 2.45) is 5.73 Å². The zero-order valence-electron chi connectivity index (χ0n) is 9.49. The molecule has 15 heavy (non-hydrogen) atoms. The zero-order valence-corrected chi connectivity index (χ0v) is 10.3. The predicted molar refractivity (Wildman–Crippen MR) is 64.8 cm³/mol. The Morgan fingerprint density at radius 2 is 2.20 bits per heavy atom. The van der Waals surface area contributed by atoms with Crippen molar-refractivity contribution >= 4 is 23.2 Å². The Morgan fingerprint density at radius 1 is 1.53 bits per heavy atom. The number of esters is 1. The van der Waals surface area contributed by atoms with Gasteiger partial charge < -0.3 is 10.5 Å². The Hall–Kier alpha value is -0.680. The molecule has 0 aliphatic heterocycles. The summed E-state index contributed by atoms with van der Waals surface area (Å²) in [6.45, 7) is 3.56. The van der Waals surface area contributed by atoms with Gasteiger partial charge in [0.25, 0.3) is 0 Å². The van der Waals surface area contributed by atoms with E-state index in [4.69, 9.17) is 22.7 Å². The van der Waals surface area contributed by atoms with Crippen LogP contribution in [0, 0.1) is 0 Å². The molecule has 4 nitrogen and oxygen atoms in total. The molecule has 0 unspecified atom stereocenters. The van der Waals surface area contributed by atoms with Crippen LogP contribution in [0.15, 0.2) is 0 Å². The quantitative estimate of drug-likeness (QED) is 0.383. The molecule has 88 valence electrons. The van der Waals surface area contributed by atoms with Crippen LogP contribution >= 0.6 is 12.2 Å². The van der Waals surface area contributed by atoms with Crippen LogP contribution < -0.4 is 5.73 Å². The third kappa shape index (κ3) is 9.62. The van der Waals surface area contributed by atoms with Crippen molar-refractivity contribution in [1.82, 2.24) is 4.90 Å². The maximum absolute atomic E-state index is 11.2. The number of thiocarbonyl (C=S) groups is 1. The summed E-state index contributed by atoms with van der Waals surface area (Å²) in [5.41, 5.74) is 5.36. The normalized spacial score (nSPS) is 10.3. The monoisotopic (exact) mass is 232 g/mol. The molecule has 0 fully saturated rings. The van der Waals surface area contributed by atoms with Crippen LogP contribution in [0.1, 0.15) is 26.2 Å². The molecule has 0 heterocycles. The number of rotatable bonds is 8. The van der Waals surface area contributed by atoms with E-state index < -0.39 is 0 Å². The van der Waals surface area contributed by atoms with Crippen LogP contribution in [-0.4, -0.2) is 42.6 Å². The van der Waals surface area contributed by atoms with Gasteiger partial charge in [-0.05, 0) is 13.5 Å². The molecule has 0 saturated heterocycles. The van der Waals surface area contributed by atoms with E-state index >= 15 is 0 Å². The molecule has 0 aromatic heterocycles. The molecule has 0 bridgehead atoms. The second-order valence-electron chi connectivity index (χ2n) is 3.53. The van der Waals surface area contributed by atoms with E-state index in [1.807, 2.05) is 11.9 Å². The number of ether oxygens (including phenoxy) is 1. The van der Waals surface area contributed by atoms with Crippen molar-refractivity contribution in [3.63, 3.8) is 0 Å². The largest absolute Gasteiger partial charge is 0.465 e. The van der Waals surface area contributed by atoms with Crippen molar-refractivity contribution in [2.75, 3.05) is 26.7 Å². The first-order chi connectivity index (χ1) is 7.06. The Kier molecular flexibility index (Phi) is 8.22. The van der Waals surface area contributed by atoms with E-state index in [0.29, 0.717) is 31.1 Å². The van der Waals surface area contributed by atoms with Gasteiger partial charge in [-0.2, -0.15) is 0 Å². The van der Waals surface area contributed by atoms with E-state index in [-0.39, 0.29) is 5.97 Å². The molecular weight excluding hydrogens is 212 g/mol. The van der Waals surface area contributed by atoms with Gasteiger partial charge in [0, 0.05) is 13.0 Å². The summed E-state index contributed by atoms with van der Waals surface area (Å²) in [6, 6.07) is 0. The summed E-state index contributed by atoms with van der Waals surface area (Å²) < 4.78 is 5.02. The lowest BCUT2D eigenvalue weighted by Crippen LogP contribution is -2.30. The Balaban J connectivity index is 3.53. The van der Waals surface area contributed by atoms with Gasteiger partial charge >= 0.3 is 5.97 Å². The molecule has 0 aromatic carbocycles. The first-order valence-corrected chi connectivity index (χ1v) is 5.59. The minimum absolute atomic E-state index is 0.186. The molecule has 0 aliphatic carbocycles. The van der Waals surface area contributed by atoms with Gasteiger partial charge in [0.15, 0.2) is 0 Å². The van der Waals surface area contributed by atoms with Crippen LogP contribution in [0.2, 0.25) is 0 Å². The third-order valence-electron chi connectivity index (χ3n) is 1.90. The highest BCUT2D eigenvalue weighted by molar-refractivity contribution is 7.80. The molecule has 0 saturated carbocycles. The maximum Gasteiger partial charge on any atom is 0.320 e. The number of likely N-dealkylation sites (N-methyl/N-ethyl adjacent to an activating group) is 1. The van der Waals surface area contributed by atoms with Crippen molar-refractivity contribution in [3.05, 3.63) is 0 Å². The number of unbranched alkanes of at least 4 members (excludes halogenated alkanes) is 1. The zero-order chi connectivity index (χ0) is 11.7. The Bertz CT molecular complexity index is 210. The summed E-state index contributed by atoms with van der Waals surface area (Å²) in [5.74, 6) is -0.186. The fourth-order valence-electron chi connectivity index (χ4n) is 0.976. The van der Waals surface area contributed by atoms with Crippen molar-refractivity contribution in [1.29, 1.82) is 0 Å². The average molecular weight is 232 g/mol. The maximum atomic E-state index is 11.2. The second kappa shape index (κ2) is 8.61. The molecule has 0 amide bonds. The molecule has 0 aromatic rings. The van der Waals surface area contributed by atoms with E-state index in [1.54, 1.807) is 0 Å². The number of hydrogen-bond donors (Lipinski definition) is 1. The molecule has 2 N–H and O–H groups in total. The SMILES string of the molecule is CCCCOC(=O)CN(C)CCC(N)=S. The lowest BCUT2D eigenvalue weighted by molar-refractivity contribution is -0.144. The highest BCUT2D eigenvalue weighted by Crippen LogP contribution is 1.92. The predicted octanol–water partition coefficient (Wildman–Crippen LogP) is 0.938. The molecular formula is C10H20N2O2S. The van der Waals surface area contributed by atoms with Gasteiger partial charge in [0.05, 0.1) is 18.1 Å². The van der Waals surface area contributed by atoms with Crippen molar-refractivity contribution in [3.8, 4) is 0 Å². The fourth-order valence-corrected chi connectivity index (χ4v) is 1.07. The van der Waals surface area contributed by atoms with Crippen molar-refractivity contribution < 1.29 is 9.53 Å². The summed E-state index contributed by atoms with van der Waals surface area (Å²) in [7, 11) is 1.85. The second-order valence-corrected chi connectivity index (χ2v) is 4.05. The fraction of sp³-hybridized carbons (Fsp3) is 0.800. The van der Waals surface area contributed by atoms with Gasteiger partial charge in [0.1, 0.15) is 0 Å². The number of carbonyl (C=O) groups is 1. The molecule has 0 atom stereocenters. The summed E-state index contributed by atoms with van der Waals surface area (Å²) >= 11 is 4.75. The minimum atomic E-state index is -0.186. The van der Waals surface area contributed by atoms with Gasteiger partial charge in [0.2, 0.25) is 0 Å². The highest BCUT2D eigenvalue weighted by Gasteiger charge is 2.07.